The van der Waals surface area contributed by atoms with Gasteiger partial charge in [-0.1, -0.05) is 42.5 Å². The molecule has 6 nitrogen and oxygen atoms in total. The molecule has 0 aliphatic rings. The Morgan fingerprint density at radius 3 is 2.52 bits per heavy atom. The van der Waals surface area contributed by atoms with Crippen LogP contribution in [0.4, 0.5) is 0 Å². The fourth-order valence-electron chi connectivity index (χ4n) is 2.62. The lowest BCUT2D eigenvalue weighted by Gasteiger charge is -2.12. The van der Waals surface area contributed by atoms with Crippen LogP contribution in [-0.4, -0.2) is 23.8 Å². The number of nitrogens with one attached hydrogen (secondary N) is 1. The third kappa shape index (κ3) is 5.59. The van der Waals surface area contributed by atoms with Gasteiger partial charge in [-0.05, 0) is 48.4 Å². The second-order valence-corrected chi connectivity index (χ2v) is 6.13. The van der Waals surface area contributed by atoms with E-state index in [2.05, 4.69) is 10.5 Å². The first-order valence-corrected chi connectivity index (χ1v) is 9.22. The number of rotatable bonds is 8. The highest BCUT2D eigenvalue weighted by Crippen LogP contribution is 2.29. The number of nitrogens with zero attached hydrogens (tertiary/aromatic N) is 1. The topological polar surface area (TPSA) is 80.2 Å². The summed E-state index contributed by atoms with van der Waals surface area (Å²) in [6.07, 6.45) is 1.50. The largest absolute Gasteiger partial charge is 0.507 e. The molecule has 0 bridgehead atoms. The van der Waals surface area contributed by atoms with Crippen LogP contribution in [0.1, 0.15) is 28.4 Å². The van der Waals surface area contributed by atoms with Crippen molar-refractivity contribution in [2.45, 2.75) is 13.5 Å². The molecule has 0 saturated carbocycles. The van der Waals surface area contributed by atoms with Crippen LogP contribution in [0.15, 0.2) is 77.9 Å². The molecular weight excluding hydrogens is 368 g/mol. The molecule has 3 aromatic carbocycles. The van der Waals surface area contributed by atoms with Gasteiger partial charge in [0.2, 0.25) is 0 Å². The Balaban J connectivity index is 1.66. The Morgan fingerprint density at radius 2 is 1.76 bits per heavy atom. The van der Waals surface area contributed by atoms with E-state index >= 15 is 0 Å². The van der Waals surface area contributed by atoms with E-state index in [1.807, 2.05) is 43.3 Å². The van der Waals surface area contributed by atoms with Gasteiger partial charge in [-0.15, -0.1) is 0 Å². The van der Waals surface area contributed by atoms with Crippen LogP contribution in [0.3, 0.4) is 0 Å². The molecule has 6 heteroatoms. The van der Waals surface area contributed by atoms with E-state index in [0.29, 0.717) is 24.7 Å². The lowest BCUT2D eigenvalue weighted by Crippen LogP contribution is -2.17. The van der Waals surface area contributed by atoms with E-state index in [1.54, 1.807) is 24.3 Å². The van der Waals surface area contributed by atoms with Crippen LogP contribution in [0.5, 0.6) is 17.2 Å². The van der Waals surface area contributed by atoms with Gasteiger partial charge in [-0.2, -0.15) is 5.10 Å². The number of hydrogen-bond donors (Lipinski definition) is 2. The number of aromatic hydroxyl groups is 1. The number of ether oxygens (including phenoxy) is 2. The Bertz CT molecular complexity index is 987. The lowest BCUT2D eigenvalue weighted by atomic mass is 10.2. The predicted octanol–water partition coefficient (Wildman–Crippen LogP) is 4.13. The van der Waals surface area contributed by atoms with Crippen molar-refractivity contribution in [2.24, 2.45) is 5.10 Å². The van der Waals surface area contributed by atoms with Gasteiger partial charge in [-0.25, -0.2) is 5.43 Å². The smallest absolute Gasteiger partial charge is 0.275 e. The summed E-state index contributed by atoms with van der Waals surface area (Å²) in [7, 11) is 0. The highest BCUT2D eigenvalue weighted by atomic mass is 16.5. The zero-order valence-electron chi connectivity index (χ0n) is 16.0. The highest BCUT2D eigenvalue weighted by Gasteiger charge is 2.09. The third-order valence-corrected chi connectivity index (χ3v) is 4.03. The summed E-state index contributed by atoms with van der Waals surface area (Å²) in [5, 5.41) is 13.7. The van der Waals surface area contributed by atoms with Crippen LogP contribution in [-0.2, 0) is 6.61 Å². The molecule has 1 amide bonds. The normalized spacial score (nSPS) is 10.7. The Hall–Kier alpha value is -3.80. The second-order valence-electron chi connectivity index (χ2n) is 6.13. The van der Waals surface area contributed by atoms with E-state index in [-0.39, 0.29) is 11.3 Å². The van der Waals surface area contributed by atoms with Gasteiger partial charge < -0.3 is 14.6 Å². The maximum atomic E-state index is 12.1. The number of hydrazone groups is 1. The monoisotopic (exact) mass is 390 g/mol. The molecule has 29 heavy (non-hydrogen) atoms. The number of benzene rings is 3. The van der Waals surface area contributed by atoms with Gasteiger partial charge in [0.1, 0.15) is 12.4 Å². The van der Waals surface area contributed by atoms with Crippen LogP contribution < -0.4 is 14.9 Å². The second kappa shape index (κ2) is 9.94. The molecular formula is C23H22N2O4. The number of hydrogen-bond acceptors (Lipinski definition) is 5. The molecule has 0 atom stereocenters. The van der Waals surface area contributed by atoms with Crippen LogP contribution >= 0.6 is 0 Å². The molecule has 0 aliphatic carbocycles. The number of carbonyl (C=O) groups is 1. The highest BCUT2D eigenvalue weighted by molar-refractivity contribution is 5.97. The summed E-state index contributed by atoms with van der Waals surface area (Å²) in [5.41, 5.74) is 4.35. The first kappa shape index (κ1) is 19.9. The maximum absolute atomic E-state index is 12.1. The predicted molar refractivity (Wildman–Crippen MR) is 112 cm³/mol. The minimum absolute atomic E-state index is 0.0984. The molecule has 0 heterocycles. The Labute approximate surface area is 169 Å². The SMILES string of the molecule is CCOc1cc(/C=N/NC(=O)c2ccccc2O)ccc1OCc1ccccc1. The minimum Gasteiger partial charge on any atom is -0.507 e. The summed E-state index contributed by atoms with van der Waals surface area (Å²) >= 11 is 0. The molecule has 0 aliphatic heterocycles. The van der Waals surface area contributed by atoms with Gasteiger partial charge in [0.15, 0.2) is 11.5 Å². The van der Waals surface area contributed by atoms with Crippen LogP contribution in [0.25, 0.3) is 0 Å². The zero-order valence-corrected chi connectivity index (χ0v) is 16.0. The average Bonchev–Trinajstić information content (AvgIpc) is 2.74. The lowest BCUT2D eigenvalue weighted by molar-refractivity contribution is 0.0952. The van der Waals surface area contributed by atoms with Crippen molar-refractivity contribution < 1.29 is 19.4 Å². The molecule has 0 saturated heterocycles. The van der Waals surface area contributed by atoms with E-state index in [4.69, 9.17) is 9.47 Å². The fraction of sp³-hybridized carbons (Fsp3) is 0.130. The van der Waals surface area contributed by atoms with Crippen molar-refractivity contribution >= 4 is 12.1 Å². The van der Waals surface area contributed by atoms with Gasteiger partial charge in [0, 0.05) is 0 Å². The van der Waals surface area contributed by atoms with Crippen LogP contribution in [0.2, 0.25) is 0 Å². The molecule has 3 rings (SSSR count). The van der Waals surface area contributed by atoms with Crippen molar-refractivity contribution in [3.05, 3.63) is 89.5 Å². The number of carbonyl (C=O) groups excluding carboxylic acids is 1. The average molecular weight is 390 g/mol. The standard InChI is InChI=1S/C23H22N2O4/c1-2-28-22-14-18(12-13-21(22)29-16-17-8-4-3-5-9-17)15-24-25-23(27)19-10-6-7-11-20(19)26/h3-15,26H,2,16H2,1H3,(H,25,27)/b24-15+. The Kier molecular flexibility index (Phi) is 6.84. The molecule has 3 aromatic rings. The van der Waals surface area contributed by atoms with Crippen molar-refractivity contribution in [1.29, 1.82) is 0 Å². The summed E-state index contributed by atoms with van der Waals surface area (Å²) in [6.45, 7) is 2.82. The van der Waals surface area contributed by atoms with E-state index in [9.17, 15) is 9.90 Å². The minimum atomic E-state index is -0.493. The summed E-state index contributed by atoms with van der Waals surface area (Å²) in [5.74, 6) is 0.636. The summed E-state index contributed by atoms with van der Waals surface area (Å²) in [6, 6.07) is 21.6. The van der Waals surface area contributed by atoms with Crippen molar-refractivity contribution in [1.82, 2.24) is 5.43 Å². The first-order valence-electron chi connectivity index (χ1n) is 9.22. The molecule has 0 radical (unpaired) electrons. The zero-order chi connectivity index (χ0) is 20.5. The number of para-hydroxylation sites is 1. The number of amides is 1. The maximum Gasteiger partial charge on any atom is 0.275 e. The van der Waals surface area contributed by atoms with Gasteiger partial charge in [-0.3, -0.25) is 4.79 Å². The van der Waals surface area contributed by atoms with Gasteiger partial charge in [0.25, 0.3) is 5.91 Å². The molecule has 148 valence electrons. The first-order chi connectivity index (χ1) is 14.2. The number of phenolic OH excluding ortho intramolecular Hbond substituents is 1. The van der Waals surface area contributed by atoms with E-state index in [1.165, 1.54) is 18.3 Å². The van der Waals surface area contributed by atoms with Crippen LogP contribution in [0, 0.1) is 0 Å². The van der Waals surface area contributed by atoms with Crippen molar-refractivity contribution in [3.63, 3.8) is 0 Å². The molecule has 0 fully saturated rings. The van der Waals surface area contributed by atoms with Gasteiger partial charge >= 0.3 is 0 Å². The third-order valence-electron chi connectivity index (χ3n) is 4.03. The molecule has 0 spiro atoms. The van der Waals surface area contributed by atoms with Crippen molar-refractivity contribution in [3.8, 4) is 17.2 Å². The molecule has 2 N–H and O–H groups in total. The van der Waals surface area contributed by atoms with E-state index in [0.717, 1.165) is 11.1 Å². The van der Waals surface area contributed by atoms with Gasteiger partial charge in [0.05, 0.1) is 18.4 Å². The van der Waals surface area contributed by atoms with E-state index < -0.39 is 5.91 Å². The molecule has 0 unspecified atom stereocenters. The summed E-state index contributed by atoms with van der Waals surface area (Å²) in [4.78, 5) is 12.1. The van der Waals surface area contributed by atoms with Crippen molar-refractivity contribution in [2.75, 3.05) is 6.61 Å². The fourth-order valence-corrected chi connectivity index (χ4v) is 2.62. The Morgan fingerprint density at radius 1 is 1.00 bits per heavy atom. The quantitative estimate of drug-likeness (QED) is 0.448. The molecule has 0 aromatic heterocycles. The summed E-state index contributed by atoms with van der Waals surface area (Å²) < 4.78 is 11.5. The number of phenols is 1.